The molecule has 2 aromatic heterocycles. The van der Waals surface area contributed by atoms with Crippen LogP contribution in [0.5, 0.6) is 0 Å². The summed E-state index contributed by atoms with van der Waals surface area (Å²) in [5.41, 5.74) is 8.71. The quantitative estimate of drug-likeness (QED) is 0.764. The highest BCUT2D eigenvalue weighted by molar-refractivity contribution is 5.55. The van der Waals surface area contributed by atoms with Crippen LogP contribution in [0.15, 0.2) is 24.5 Å². The van der Waals surface area contributed by atoms with Gasteiger partial charge in [0.25, 0.3) is 0 Å². The van der Waals surface area contributed by atoms with Gasteiger partial charge in [0, 0.05) is 38.6 Å². The fourth-order valence-electron chi connectivity index (χ4n) is 1.45. The topological polar surface area (TPSA) is 46.6 Å². The molecule has 0 bridgehead atoms. The van der Waals surface area contributed by atoms with Crippen LogP contribution in [0.25, 0.3) is 5.65 Å². The Hall–Kier alpha value is -1.55. The summed E-state index contributed by atoms with van der Waals surface area (Å²) in [7, 11) is 4.03. The smallest absolute Gasteiger partial charge is 0.138 e. The van der Waals surface area contributed by atoms with Crippen molar-refractivity contribution in [1.29, 1.82) is 0 Å². The first-order chi connectivity index (χ1) is 6.72. The van der Waals surface area contributed by atoms with Gasteiger partial charge in [-0.2, -0.15) is 0 Å². The molecule has 2 aromatic rings. The Morgan fingerprint density at radius 3 is 2.93 bits per heavy atom. The zero-order chi connectivity index (χ0) is 10.1. The first-order valence-electron chi connectivity index (χ1n) is 4.56. The number of hydrogen-bond donors (Lipinski definition) is 1. The summed E-state index contributed by atoms with van der Waals surface area (Å²) in [5.74, 6) is 0. The zero-order valence-electron chi connectivity index (χ0n) is 8.44. The van der Waals surface area contributed by atoms with Gasteiger partial charge in [0.1, 0.15) is 5.65 Å². The van der Waals surface area contributed by atoms with Gasteiger partial charge >= 0.3 is 0 Å². The van der Waals surface area contributed by atoms with Gasteiger partial charge in [-0.25, -0.2) is 4.98 Å². The van der Waals surface area contributed by atoms with E-state index in [2.05, 4.69) is 9.88 Å². The monoisotopic (exact) mass is 190 g/mol. The first-order valence-corrected chi connectivity index (χ1v) is 4.56. The second-order valence-electron chi connectivity index (χ2n) is 3.46. The van der Waals surface area contributed by atoms with E-state index in [1.165, 1.54) is 0 Å². The third kappa shape index (κ3) is 1.33. The number of pyridine rings is 1. The van der Waals surface area contributed by atoms with Crippen molar-refractivity contribution >= 4 is 11.3 Å². The van der Waals surface area contributed by atoms with Crippen LogP contribution in [0.4, 0.5) is 5.69 Å². The zero-order valence-corrected chi connectivity index (χ0v) is 8.44. The van der Waals surface area contributed by atoms with Gasteiger partial charge in [-0.05, 0) is 6.07 Å². The summed E-state index contributed by atoms with van der Waals surface area (Å²) in [6.45, 7) is 0.516. The predicted octanol–water partition coefficient (Wildman–Crippen LogP) is 0.859. The Balaban J connectivity index is 2.57. The molecule has 14 heavy (non-hydrogen) atoms. The number of fused-ring (bicyclic) bond motifs is 1. The SMILES string of the molecule is CN(C)c1ccn2c(CN)cnc2c1. The number of nitrogens with two attached hydrogens (primary N) is 1. The Morgan fingerprint density at radius 2 is 2.29 bits per heavy atom. The summed E-state index contributed by atoms with van der Waals surface area (Å²) >= 11 is 0. The molecule has 0 aliphatic heterocycles. The van der Waals surface area contributed by atoms with Crippen molar-refractivity contribution in [3.05, 3.63) is 30.2 Å². The van der Waals surface area contributed by atoms with Crippen molar-refractivity contribution in [3.63, 3.8) is 0 Å². The molecule has 2 heterocycles. The summed E-state index contributed by atoms with van der Waals surface area (Å²) in [5, 5.41) is 0. The normalized spacial score (nSPS) is 10.8. The predicted molar refractivity (Wildman–Crippen MR) is 57.4 cm³/mol. The maximum atomic E-state index is 5.59. The molecule has 4 nitrogen and oxygen atoms in total. The van der Waals surface area contributed by atoms with E-state index in [9.17, 15) is 0 Å². The number of anilines is 1. The van der Waals surface area contributed by atoms with Crippen LogP contribution < -0.4 is 10.6 Å². The van der Waals surface area contributed by atoms with Crippen molar-refractivity contribution in [1.82, 2.24) is 9.38 Å². The molecule has 2 N–H and O–H groups in total. The second kappa shape index (κ2) is 3.31. The molecule has 0 aromatic carbocycles. The van der Waals surface area contributed by atoms with E-state index >= 15 is 0 Å². The molecule has 0 fully saturated rings. The van der Waals surface area contributed by atoms with Gasteiger partial charge in [0.2, 0.25) is 0 Å². The molecule has 2 rings (SSSR count). The Kier molecular flexibility index (Phi) is 2.13. The Bertz CT molecular complexity index is 444. The van der Waals surface area contributed by atoms with Gasteiger partial charge in [-0.3, -0.25) is 0 Å². The largest absolute Gasteiger partial charge is 0.378 e. The minimum absolute atomic E-state index is 0.516. The average molecular weight is 190 g/mol. The van der Waals surface area contributed by atoms with E-state index in [-0.39, 0.29) is 0 Å². The fraction of sp³-hybridized carbons (Fsp3) is 0.300. The highest BCUT2D eigenvalue weighted by atomic mass is 15.1. The fourth-order valence-corrected chi connectivity index (χ4v) is 1.45. The van der Waals surface area contributed by atoms with E-state index in [0.717, 1.165) is 17.0 Å². The molecular weight excluding hydrogens is 176 g/mol. The molecule has 0 radical (unpaired) electrons. The molecule has 0 spiro atoms. The standard InChI is InChI=1S/C10H14N4/c1-13(2)8-3-4-14-9(6-11)7-12-10(14)5-8/h3-5,7H,6,11H2,1-2H3. The number of imidazole rings is 1. The highest BCUT2D eigenvalue weighted by Crippen LogP contribution is 2.14. The van der Waals surface area contributed by atoms with E-state index in [0.29, 0.717) is 6.54 Å². The van der Waals surface area contributed by atoms with Crippen molar-refractivity contribution in [2.75, 3.05) is 19.0 Å². The van der Waals surface area contributed by atoms with Crippen molar-refractivity contribution in [2.24, 2.45) is 5.73 Å². The van der Waals surface area contributed by atoms with Gasteiger partial charge in [0.05, 0.1) is 11.9 Å². The average Bonchev–Trinajstić information content (AvgIpc) is 2.59. The molecule has 0 aliphatic carbocycles. The Morgan fingerprint density at radius 1 is 1.50 bits per heavy atom. The van der Waals surface area contributed by atoms with Crippen LogP contribution in [-0.4, -0.2) is 23.5 Å². The third-order valence-electron chi connectivity index (χ3n) is 2.30. The van der Waals surface area contributed by atoms with E-state index in [1.807, 2.05) is 43.0 Å². The minimum atomic E-state index is 0.516. The third-order valence-corrected chi connectivity index (χ3v) is 2.30. The molecule has 0 atom stereocenters. The number of rotatable bonds is 2. The summed E-state index contributed by atoms with van der Waals surface area (Å²) in [6.07, 6.45) is 3.81. The van der Waals surface area contributed by atoms with Crippen LogP contribution in [-0.2, 0) is 6.54 Å². The van der Waals surface area contributed by atoms with Crippen LogP contribution in [0.3, 0.4) is 0 Å². The van der Waals surface area contributed by atoms with Gasteiger partial charge in [0.15, 0.2) is 0 Å². The minimum Gasteiger partial charge on any atom is -0.378 e. The van der Waals surface area contributed by atoms with Crippen molar-refractivity contribution in [2.45, 2.75) is 6.54 Å². The van der Waals surface area contributed by atoms with E-state index < -0.39 is 0 Å². The lowest BCUT2D eigenvalue weighted by Crippen LogP contribution is -2.09. The lowest BCUT2D eigenvalue weighted by atomic mass is 10.3. The maximum absolute atomic E-state index is 5.59. The summed E-state index contributed by atoms with van der Waals surface area (Å²) in [4.78, 5) is 6.34. The van der Waals surface area contributed by atoms with E-state index in [4.69, 9.17) is 5.73 Å². The first kappa shape index (κ1) is 9.02. The second-order valence-corrected chi connectivity index (χ2v) is 3.46. The summed E-state index contributed by atoms with van der Waals surface area (Å²) < 4.78 is 2.01. The van der Waals surface area contributed by atoms with E-state index in [1.54, 1.807) is 0 Å². The Labute approximate surface area is 83.0 Å². The molecular formula is C10H14N4. The van der Waals surface area contributed by atoms with Crippen LogP contribution in [0.2, 0.25) is 0 Å². The molecule has 0 unspecified atom stereocenters. The number of nitrogens with zero attached hydrogens (tertiary/aromatic N) is 3. The molecule has 74 valence electrons. The van der Waals surface area contributed by atoms with Gasteiger partial charge in [-0.15, -0.1) is 0 Å². The molecule has 0 saturated carbocycles. The highest BCUT2D eigenvalue weighted by Gasteiger charge is 2.02. The van der Waals surface area contributed by atoms with Crippen LogP contribution in [0.1, 0.15) is 5.69 Å². The van der Waals surface area contributed by atoms with Gasteiger partial charge < -0.3 is 15.0 Å². The van der Waals surface area contributed by atoms with Crippen molar-refractivity contribution in [3.8, 4) is 0 Å². The maximum Gasteiger partial charge on any atom is 0.138 e. The number of aromatic nitrogens is 2. The van der Waals surface area contributed by atoms with Crippen molar-refractivity contribution < 1.29 is 0 Å². The lowest BCUT2D eigenvalue weighted by molar-refractivity contribution is 0.957. The number of hydrogen-bond acceptors (Lipinski definition) is 3. The summed E-state index contributed by atoms with van der Waals surface area (Å²) in [6, 6.07) is 4.09. The van der Waals surface area contributed by atoms with Gasteiger partial charge in [-0.1, -0.05) is 0 Å². The molecule has 0 aliphatic rings. The van der Waals surface area contributed by atoms with Crippen LogP contribution in [0, 0.1) is 0 Å². The molecule has 4 heteroatoms. The molecule has 0 amide bonds. The molecule has 0 saturated heterocycles. The van der Waals surface area contributed by atoms with Crippen LogP contribution >= 0.6 is 0 Å². The lowest BCUT2D eigenvalue weighted by Gasteiger charge is -2.12.